The molecule has 1 aromatic heterocycles. The van der Waals surface area contributed by atoms with E-state index in [2.05, 4.69) is 37.0 Å². The van der Waals surface area contributed by atoms with Gasteiger partial charge in [-0.1, -0.05) is 47.4 Å². The van der Waals surface area contributed by atoms with Crippen LogP contribution < -0.4 is 24.5 Å². The zero-order chi connectivity index (χ0) is 28.4. The van der Waals surface area contributed by atoms with Crippen LogP contribution in [-0.4, -0.2) is 29.3 Å². The fourth-order valence-corrected chi connectivity index (χ4v) is 5.20. The molecule has 5 rings (SSSR count). The van der Waals surface area contributed by atoms with Crippen molar-refractivity contribution in [2.75, 3.05) is 13.4 Å². The van der Waals surface area contributed by atoms with Crippen LogP contribution in [0.5, 0.6) is 23.0 Å². The normalized spacial score (nSPS) is 13.2. The van der Waals surface area contributed by atoms with Crippen molar-refractivity contribution in [2.24, 2.45) is 5.10 Å². The topological polar surface area (TPSA) is 84.2 Å². The number of rotatable bonds is 9. The number of hydrogen-bond donors (Lipinski definition) is 0. The smallest absolute Gasteiger partial charge is 0.282 e. The molecule has 2 heterocycles. The Morgan fingerprint density at radius 2 is 1.93 bits per heavy atom. The quantitative estimate of drug-likeness (QED) is 0.168. The highest BCUT2D eigenvalue weighted by atomic mass is 79.9. The van der Waals surface area contributed by atoms with E-state index < -0.39 is 0 Å². The van der Waals surface area contributed by atoms with Gasteiger partial charge in [0, 0.05) is 20.4 Å². The largest absolute Gasteiger partial charge is 0.490 e. The lowest BCUT2D eigenvalue weighted by molar-refractivity contribution is 0.174. The Kier molecular flexibility index (Phi) is 8.68. The maximum Gasteiger partial charge on any atom is 0.282 e. The lowest BCUT2D eigenvalue weighted by atomic mass is 10.1. The molecule has 0 N–H and O–H groups in total. The summed E-state index contributed by atoms with van der Waals surface area (Å²) in [6, 6.07) is 12.8. The van der Waals surface area contributed by atoms with Crippen LogP contribution in [0.3, 0.4) is 0 Å². The summed E-state index contributed by atoms with van der Waals surface area (Å²) >= 11 is 13.8. The van der Waals surface area contributed by atoms with E-state index in [1.165, 1.54) is 4.68 Å². The first kappa shape index (κ1) is 28.4. The summed E-state index contributed by atoms with van der Waals surface area (Å²) in [5.41, 5.74) is 1.87. The van der Waals surface area contributed by atoms with Crippen LogP contribution in [0.1, 0.15) is 50.1 Å². The average Bonchev–Trinajstić information content (AvgIpc) is 3.42. The van der Waals surface area contributed by atoms with E-state index in [1.807, 2.05) is 51.1 Å². The molecule has 0 radical (unpaired) electrons. The molecule has 0 bridgehead atoms. The molecule has 208 valence electrons. The van der Waals surface area contributed by atoms with Gasteiger partial charge in [-0.05, 0) is 71.2 Å². The van der Waals surface area contributed by atoms with Gasteiger partial charge in [-0.25, -0.2) is 4.98 Å². The van der Waals surface area contributed by atoms with Crippen LogP contribution in [0.15, 0.2) is 61.3 Å². The van der Waals surface area contributed by atoms with Gasteiger partial charge in [-0.3, -0.25) is 4.79 Å². The van der Waals surface area contributed by atoms with Gasteiger partial charge in [0.25, 0.3) is 5.56 Å². The summed E-state index contributed by atoms with van der Waals surface area (Å²) in [5, 5.41) is 5.37. The highest BCUT2D eigenvalue weighted by Gasteiger charge is 2.20. The molecule has 0 saturated heterocycles. The third-order valence-corrected chi connectivity index (χ3v) is 8.41. The third kappa shape index (κ3) is 5.70. The van der Waals surface area contributed by atoms with E-state index in [0.29, 0.717) is 61.4 Å². The second-order valence-corrected chi connectivity index (χ2v) is 11.2. The lowest BCUT2D eigenvalue weighted by Crippen LogP contribution is -2.23. The molecule has 1 atom stereocenters. The van der Waals surface area contributed by atoms with Gasteiger partial charge in [-0.15, -0.1) is 0 Å². The number of fused-ring (bicyclic) bond motifs is 2. The first-order valence-corrected chi connectivity index (χ1v) is 14.7. The van der Waals surface area contributed by atoms with Gasteiger partial charge in [0.05, 0.1) is 23.7 Å². The van der Waals surface area contributed by atoms with Crippen LogP contribution in [0.2, 0.25) is 5.02 Å². The Hall–Kier alpha value is -3.08. The SMILES string of the molecule is CCOc1cc(C=Nn2c([C@@H](C)CC)nc3ccc(Br)cc3c2=O)c(Br)c(Cl)c1OCc1ccc2c(c1)OCO2. The number of benzene rings is 3. The molecule has 0 amide bonds. The summed E-state index contributed by atoms with van der Waals surface area (Å²) in [7, 11) is 0. The number of ether oxygens (including phenoxy) is 4. The summed E-state index contributed by atoms with van der Waals surface area (Å²) in [4.78, 5) is 18.3. The molecule has 40 heavy (non-hydrogen) atoms. The molecule has 0 spiro atoms. The van der Waals surface area contributed by atoms with E-state index in [0.717, 1.165) is 16.5 Å². The van der Waals surface area contributed by atoms with Gasteiger partial charge < -0.3 is 18.9 Å². The molecule has 1 aliphatic rings. The molecule has 0 saturated carbocycles. The highest BCUT2D eigenvalue weighted by Crippen LogP contribution is 2.43. The number of hydrogen-bond acceptors (Lipinski definition) is 7. The standard InChI is InChI=1S/C29H26Br2ClN3O5/c1-4-16(3)28-34-21-8-7-19(30)12-20(21)29(36)35(28)33-13-18-11-24(37-5-2)27(26(32)25(18)31)38-14-17-6-9-22-23(10-17)40-15-39-22/h6-13,16H,4-5,14-15H2,1-3H3/t16-/m0/s1. The van der Waals surface area contributed by atoms with Crippen LogP contribution >= 0.6 is 43.5 Å². The zero-order valence-corrected chi connectivity index (χ0v) is 26.0. The summed E-state index contributed by atoms with van der Waals surface area (Å²) in [6.45, 7) is 6.78. The maximum atomic E-state index is 13.5. The second-order valence-electron chi connectivity index (χ2n) is 9.13. The van der Waals surface area contributed by atoms with Crippen molar-refractivity contribution in [3.05, 3.63) is 83.7 Å². The Morgan fingerprint density at radius 3 is 2.70 bits per heavy atom. The molecule has 0 unspecified atom stereocenters. The second kappa shape index (κ2) is 12.2. The van der Waals surface area contributed by atoms with Crippen molar-refractivity contribution in [3.63, 3.8) is 0 Å². The highest BCUT2D eigenvalue weighted by molar-refractivity contribution is 9.10. The fraction of sp³-hybridized carbons (Fsp3) is 0.276. The molecular weight excluding hydrogens is 666 g/mol. The Morgan fingerprint density at radius 1 is 1.12 bits per heavy atom. The van der Waals surface area contributed by atoms with Crippen LogP contribution in [0.4, 0.5) is 0 Å². The van der Waals surface area contributed by atoms with Gasteiger partial charge in [0.2, 0.25) is 6.79 Å². The van der Waals surface area contributed by atoms with E-state index in [-0.39, 0.29) is 24.9 Å². The molecular formula is C29H26Br2ClN3O5. The minimum Gasteiger partial charge on any atom is -0.490 e. The number of nitrogens with zero attached hydrogens (tertiary/aromatic N) is 3. The molecule has 8 nitrogen and oxygen atoms in total. The molecule has 3 aromatic carbocycles. The predicted octanol–water partition coefficient (Wildman–Crippen LogP) is 7.68. The van der Waals surface area contributed by atoms with Crippen molar-refractivity contribution in [2.45, 2.75) is 39.7 Å². The molecule has 0 fully saturated rings. The number of aromatic nitrogens is 2. The minimum absolute atomic E-state index is 0.0101. The Bertz CT molecular complexity index is 1670. The van der Waals surface area contributed by atoms with Gasteiger partial charge in [0.1, 0.15) is 17.5 Å². The van der Waals surface area contributed by atoms with E-state index in [9.17, 15) is 4.79 Å². The Labute approximate surface area is 253 Å². The van der Waals surface area contributed by atoms with Gasteiger partial charge in [-0.2, -0.15) is 9.78 Å². The van der Waals surface area contributed by atoms with E-state index in [4.69, 9.17) is 35.5 Å². The first-order chi connectivity index (χ1) is 19.3. The third-order valence-electron chi connectivity index (χ3n) is 6.47. The maximum absolute atomic E-state index is 13.5. The zero-order valence-electron chi connectivity index (χ0n) is 22.0. The first-order valence-electron chi connectivity index (χ1n) is 12.7. The molecule has 0 aliphatic carbocycles. The fourth-order valence-electron chi connectivity index (χ4n) is 4.18. The van der Waals surface area contributed by atoms with Gasteiger partial charge >= 0.3 is 0 Å². The van der Waals surface area contributed by atoms with E-state index >= 15 is 0 Å². The molecule has 1 aliphatic heterocycles. The van der Waals surface area contributed by atoms with E-state index in [1.54, 1.807) is 18.3 Å². The molecule has 4 aromatic rings. The Balaban J connectivity index is 1.51. The van der Waals surface area contributed by atoms with Crippen molar-refractivity contribution < 1.29 is 18.9 Å². The predicted molar refractivity (Wildman–Crippen MR) is 163 cm³/mol. The van der Waals surface area contributed by atoms with Crippen LogP contribution in [0, 0.1) is 0 Å². The summed E-state index contributed by atoms with van der Waals surface area (Å²) < 4.78 is 25.5. The average molecular weight is 692 g/mol. The van der Waals surface area contributed by atoms with Crippen LogP contribution in [0.25, 0.3) is 10.9 Å². The van der Waals surface area contributed by atoms with Gasteiger partial charge in [0.15, 0.2) is 23.0 Å². The van der Waals surface area contributed by atoms with Crippen molar-refractivity contribution in [1.29, 1.82) is 0 Å². The van der Waals surface area contributed by atoms with Crippen molar-refractivity contribution in [3.8, 4) is 23.0 Å². The van der Waals surface area contributed by atoms with Crippen molar-refractivity contribution in [1.82, 2.24) is 9.66 Å². The number of halogens is 3. The van der Waals surface area contributed by atoms with Crippen molar-refractivity contribution >= 4 is 60.6 Å². The summed E-state index contributed by atoms with van der Waals surface area (Å²) in [6.07, 6.45) is 2.36. The summed E-state index contributed by atoms with van der Waals surface area (Å²) in [5.74, 6) is 2.80. The monoisotopic (exact) mass is 689 g/mol. The lowest BCUT2D eigenvalue weighted by Gasteiger charge is -2.17. The minimum atomic E-state index is -0.256. The molecule has 11 heteroatoms. The van der Waals surface area contributed by atoms with Crippen LogP contribution in [-0.2, 0) is 6.61 Å².